The predicted molar refractivity (Wildman–Crippen MR) is 59.4 cm³/mol. The largest absolute Gasteiger partial charge is 0.409 e. The van der Waals surface area contributed by atoms with Crippen LogP contribution >= 0.6 is 0 Å². The highest BCUT2D eigenvalue weighted by atomic mass is 19.4. The first-order valence-electron chi connectivity index (χ1n) is 5.75. The van der Waals surface area contributed by atoms with Crippen LogP contribution in [0.2, 0.25) is 0 Å². The molecule has 0 aromatic carbocycles. The molecule has 18 heavy (non-hydrogen) atoms. The molecule has 1 aliphatic heterocycles. The molecule has 1 aliphatic rings. The number of ether oxygens (including phenoxy) is 1. The van der Waals surface area contributed by atoms with Crippen molar-refractivity contribution in [1.82, 2.24) is 5.32 Å². The zero-order chi connectivity index (χ0) is 13.8. The number of hydrogen-bond acceptors (Lipinski definition) is 4. The lowest BCUT2D eigenvalue weighted by molar-refractivity contribution is -0.155. The number of oxime groups is 1. The van der Waals surface area contributed by atoms with Crippen molar-refractivity contribution in [2.24, 2.45) is 16.8 Å². The molecule has 4 N–H and O–H groups in total. The Hall–Kier alpha value is -1.02. The van der Waals surface area contributed by atoms with E-state index in [2.05, 4.69) is 10.5 Å². The second-order valence-electron chi connectivity index (χ2n) is 4.37. The molecule has 1 saturated heterocycles. The summed E-state index contributed by atoms with van der Waals surface area (Å²) in [7, 11) is 0. The van der Waals surface area contributed by atoms with E-state index in [4.69, 9.17) is 15.7 Å². The SMILES string of the molecule is CC(NCC(C(N)=NO)C(F)(F)F)C1CCCO1. The van der Waals surface area contributed by atoms with Gasteiger partial charge >= 0.3 is 6.18 Å². The molecule has 1 heterocycles. The first-order valence-corrected chi connectivity index (χ1v) is 5.75. The minimum atomic E-state index is -4.54. The molecular formula is C10H18F3N3O2. The van der Waals surface area contributed by atoms with Crippen LogP contribution in [0.25, 0.3) is 0 Å². The Bertz CT molecular complexity index is 291. The van der Waals surface area contributed by atoms with E-state index in [0.29, 0.717) is 6.61 Å². The smallest absolute Gasteiger partial charge is 0.400 e. The number of rotatable bonds is 5. The van der Waals surface area contributed by atoms with Crippen molar-refractivity contribution in [1.29, 1.82) is 0 Å². The van der Waals surface area contributed by atoms with Crippen LogP contribution in [0.4, 0.5) is 13.2 Å². The summed E-state index contributed by atoms with van der Waals surface area (Å²) in [5.74, 6) is -2.83. The third-order valence-corrected chi connectivity index (χ3v) is 3.03. The Kier molecular flexibility index (Phi) is 5.21. The van der Waals surface area contributed by atoms with E-state index < -0.39 is 24.5 Å². The summed E-state index contributed by atoms with van der Waals surface area (Å²) in [4.78, 5) is 0. The average molecular weight is 269 g/mol. The molecular weight excluding hydrogens is 251 g/mol. The summed E-state index contributed by atoms with van der Waals surface area (Å²) >= 11 is 0. The standard InChI is InChI=1S/C10H18F3N3O2/c1-6(8-3-2-4-18-8)15-5-7(9(14)16-17)10(11,12)13/h6-8,15,17H,2-5H2,1H3,(H2,14,16). The molecule has 3 unspecified atom stereocenters. The van der Waals surface area contributed by atoms with Gasteiger partial charge in [-0.15, -0.1) is 0 Å². The van der Waals surface area contributed by atoms with Crippen molar-refractivity contribution in [3.8, 4) is 0 Å². The van der Waals surface area contributed by atoms with Crippen LogP contribution in [-0.2, 0) is 4.74 Å². The maximum atomic E-state index is 12.6. The number of nitrogens with two attached hydrogens (primary N) is 1. The zero-order valence-electron chi connectivity index (χ0n) is 10.1. The van der Waals surface area contributed by atoms with Gasteiger partial charge in [-0.05, 0) is 19.8 Å². The molecule has 1 rings (SSSR count). The number of nitrogens with zero attached hydrogens (tertiary/aromatic N) is 1. The normalized spacial score (nSPS) is 25.1. The summed E-state index contributed by atoms with van der Waals surface area (Å²) in [6, 6.07) is -0.205. The summed E-state index contributed by atoms with van der Waals surface area (Å²) in [5.41, 5.74) is 5.05. The monoisotopic (exact) mass is 269 g/mol. The second kappa shape index (κ2) is 6.24. The van der Waals surface area contributed by atoms with Crippen molar-refractivity contribution in [2.45, 2.75) is 38.1 Å². The van der Waals surface area contributed by atoms with Gasteiger partial charge < -0.3 is 21.0 Å². The third-order valence-electron chi connectivity index (χ3n) is 3.03. The van der Waals surface area contributed by atoms with Gasteiger partial charge in [0, 0.05) is 19.2 Å². The summed E-state index contributed by atoms with van der Waals surface area (Å²) in [5, 5.41) is 13.5. The van der Waals surface area contributed by atoms with Gasteiger partial charge in [0.15, 0.2) is 5.84 Å². The molecule has 5 nitrogen and oxygen atoms in total. The molecule has 0 spiro atoms. The molecule has 106 valence electrons. The summed E-state index contributed by atoms with van der Waals surface area (Å²) in [6.45, 7) is 1.97. The van der Waals surface area contributed by atoms with Gasteiger partial charge in [-0.1, -0.05) is 5.16 Å². The van der Waals surface area contributed by atoms with Crippen molar-refractivity contribution in [3.63, 3.8) is 0 Å². The zero-order valence-corrected chi connectivity index (χ0v) is 10.1. The summed E-state index contributed by atoms with van der Waals surface area (Å²) < 4.78 is 43.3. The van der Waals surface area contributed by atoms with E-state index in [9.17, 15) is 13.2 Å². The van der Waals surface area contributed by atoms with Crippen LogP contribution in [-0.4, -0.2) is 42.5 Å². The van der Waals surface area contributed by atoms with Crippen molar-refractivity contribution < 1.29 is 23.1 Å². The number of nitrogens with one attached hydrogen (secondary N) is 1. The van der Waals surface area contributed by atoms with Gasteiger partial charge in [0.2, 0.25) is 0 Å². The van der Waals surface area contributed by atoms with Gasteiger partial charge in [-0.3, -0.25) is 0 Å². The van der Waals surface area contributed by atoms with Gasteiger partial charge in [-0.25, -0.2) is 0 Å². The van der Waals surface area contributed by atoms with E-state index in [0.717, 1.165) is 12.8 Å². The molecule has 0 saturated carbocycles. The lowest BCUT2D eigenvalue weighted by atomic mass is 10.1. The van der Waals surface area contributed by atoms with Gasteiger partial charge in [-0.2, -0.15) is 13.2 Å². The Morgan fingerprint density at radius 1 is 1.61 bits per heavy atom. The Morgan fingerprint density at radius 2 is 2.28 bits per heavy atom. The van der Waals surface area contributed by atoms with Crippen LogP contribution in [0.15, 0.2) is 5.16 Å². The van der Waals surface area contributed by atoms with E-state index >= 15 is 0 Å². The Labute approximate surface area is 103 Å². The number of alkyl halides is 3. The Morgan fingerprint density at radius 3 is 2.72 bits per heavy atom. The van der Waals surface area contributed by atoms with Crippen LogP contribution in [0.3, 0.4) is 0 Å². The fourth-order valence-corrected chi connectivity index (χ4v) is 1.89. The van der Waals surface area contributed by atoms with E-state index in [1.807, 2.05) is 0 Å². The Balaban J connectivity index is 2.51. The minimum absolute atomic E-state index is 0.0776. The number of amidine groups is 1. The van der Waals surface area contributed by atoms with Crippen LogP contribution in [0, 0.1) is 5.92 Å². The average Bonchev–Trinajstić information content (AvgIpc) is 2.80. The maximum Gasteiger partial charge on any atom is 0.400 e. The lowest BCUT2D eigenvalue weighted by Gasteiger charge is -2.24. The molecule has 3 atom stereocenters. The van der Waals surface area contributed by atoms with E-state index in [1.54, 1.807) is 6.92 Å². The highest BCUT2D eigenvalue weighted by Crippen LogP contribution is 2.26. The molecule has 8 heteroatoms. The number of hydrogen-bond donors (Lipinski definition) is 3. The fourth-order valence-electron chi connectivity index (χ4n) is 1.89. The van der Waals surface area contributed by atoms with Crippen LogP contribution in [0.5, 0.6) is 0 Å². The predicted octanol–water partition coefficient (Wildman–Crippen LogP) is 1.07. The third kappa shape index (κ3) is 4.02. The first-order chi connectivity index (χ1) is 8.36. The highest BCUT2D eigenvalue weighted by molar-refractivity contribution is 5.83. The van der Waals surface area contributed by atoms with Gasteiger partial charge in [0.1, 0.15) is 5.92 Å². The highest BCUT2D eigenvalue weighted by Gasteiger charge is 2.43. The molecule has 0 aliphatic carbocycles. The van der Waals surface area contributed by atoms with Crippen LogP contribution in [0.1, 0.15) is 19.8 Å². The van der Waals surface area contributed by atoms with E-state index in [-0.39, 0.29) is 12.1 Å². The molecule has 0 aromatic rings. The molecule has 1 fully saturated rings. The minimum Gasteiger partial charge on any atom is -0.409 e. The lowest BCUT2D eigenvalue weighted by Crippen LogP contribution is -2.47. The van der Waals surface area contributed by atoms with Crippen LogP contribution < -0.4 is 11.1 Å². The molecule has 0 radical (unpaired) electrons. The second-order valence-corrected chi connectivity index (χ2v) is 4.37. The van der Waals surface area contributed by atoms with Crippen molar-refractivity contribution >= 4 is 5.84 Å². The fraction of sp³-hybridized carbons (Fsp3) is 0.900. The van der Waals surface area contributed by atoms with Crippen molar-refractivity contribution in [3.05, 3.63) is 0 Å². The maximum absolute atomic E-state index is 12.6. The quantitative estimate of drug-likeness (QED) is 0.302. The van der Waals surface area contributed by atoms with E-state index in [1.165, 1.54) is 0 Å². The van der Waals surface area contributed by atoms with Gasteiger partial charge in [0.25, 0.3) is 0 Å². The molecule has 0 amide bonds. The summed E-state index contributed by atoms with van der Waals surface area (Å²) in [6.07, 6.45) is -2.88. The van der Waals surface area contributed by atoms with Gasteiger partial charge in [0.05, 0.1) is 6.10 Å². The molecule has 0 aromatic heterocycles. The van der Waals surface area contributed by atoms with Crippen molar-refractivity contribution in [2.75, 3.05) is 13.2 Å². The first kappa shape index (κ1) is 15.0. The topological polar surface area (TPSA) is 79.9 Å². The molecule has 0 bridgehead atoms. The number of halogens is 3.